The highest BCUT2D eigenvalue weighted by Gasteiger charge is 1.94. The van der Waals surface area contributed by atoms with Crippen molar-refractivity contribution in [3.63, 3.8) is 0 Å². The summed E-state index contributed by atoms with van der Waals surface area (Å²) in [5.74, 6) is 0. The summed E-state index contributed by atoms with van der Waals surface area (Å²) in [5, 5.41) is 8.32. The van der Waals surface area contributed by atoms with E-state index in [4.69, 9.17) is 5.11 Å². The molecule has 0 aliphatic heterocycles. The number of aliphatic hydroxyl groups is 1. The molecule has 0 aliphatic carbocycles. The molecule has 0 atom stereocenters. The Hall–Kier alpha value is 0.0249. The maximum absolute atomic E-state index is 8.32. The predicted molar refractivity (Wildman–Crippen MR) is 34.0 cm³/mol. The minimum absolute atomic E-state index is 0.345. The second kappa shape index (κ2) is 4.19. The van der Waals surface area contributed by atoms with Gasteiger partial charge in [-0.25, -0.2) is 0 Å². The lowest BCUT2D eigenvalue weighted by Gasteiger charge is -1.94. The Bertz CT molecular complexity index is 37.1. The van der Waals surface area contributed by atoms with Gasteiger partial charge >= 0.3 is 0 Å². The van der Waals surface area contributed by atoms with Crippen molar-refractivity contribution in [2.45, 2.75) is 26.4 Å². The first-order chi connectivity index (χ1) is 3.27. The van der Waals surface area contributed by atoms with Crippen LogP contribution in [0.2, 0.25) is 20.0 Å². The SMILES string of the molecule is CB(C)CCCO. The summed E-state index contributed by atoms with van der Waals surface area (Å²) in [5.41, 5.74) is 0. The third-order valence-corrected chi connectivity index (χ3v) is 0.940. The Kier molecular flexibility index (Phi) is 4.21. The van der Waals surface area contributed by atoms with Crippen molar-refractivity contribution >= 4 is 6.71 Å². The van der Waals surface area contributed by atoms with Gasteiger partial charge in [-0.1, -0.05) is 20.0 Å². The lowest BCUT2D eigenvalue weighted by atomic mass is 9.52. The van der Waals surface area contributed by atoms with Crippen molar-refractivity contribution in [2.24, 2.45) is 0 Å². The third-order valence-electron chi connectivity index (χ3n) is 0.940. The molecule has 0 rings (SSSR count). The zero-order chi connectivity index (χ0) is 5.70. The van der Waals surface area contributed by atoms with E-state index in [1.54, 1.807) is 0 Å². The van der Waals surface area contributed by atoms with Gasteiger partial charge in [-0.2, -0.15) is 0 Å². The Morgan fingerprint density at radius 1 is 1.43 bits per heavy atom. The van der Waals surface area contributed by atoms with Gasteiger partial charge in [0.05, 0.1) is 0 Å². The Morgan fingerprint density at radius 3 is 2.14 bits per heavy atom. The smallest absolute Gasteiger partial charge is 0.133 e. The van der Waals surface area contributed by atoms with E-state index in [2.05, 4.69) is 13.6 Å². The summed E-state index contributed by atoms with van der Waals surface area (Å²) in [7, 11) is 0. The number of hydrogen-bond acceptors (Lipinski definition) is 1. The molecule has 0 aromatic heterocycles. The van der Waals surface area contributed by atoms with E-state index in [-0.39, 0.29) is 0 Å². The van der Waals surface area contributed by atoms with Crippen molar-refractivity contribution in [2.75, 3.05) is 6.61 Å². The molecule has 0 aliphatic rings. The molecule has 0 amide bonds. The van der Waals surface area contributed by atoms with Crippen molar-refractivity contribution in [3.8, 4) is 0 Å². The lowest BCUT2D eigenvalue weighted by Crippen LogP contribution is -1.99. The van der Waals surface area contributed by atoms with Crippen LogP contribution in [0.4, 0.5) is 0 Å². The minimum Gasteiger partial charge on any atom is -0.396 e. The van der Waals surface area contributed by atoms with Crippen LogP contribution < -0.4 is 0 Å². The molecule has 0 heterocycles. The van der Waals surface area contributed by atoms with Crippen LogP contribution >= 0.6 is 0 Å². The van der Waals surface area contributed by atoms with E-state index < -0.39 is 0 Å². The van der Waals surface area contributed by atoms with E-state index in [1.165, 1.54) is 0 Å². The summed E-state index contributed by atoms with van der Waals surface area (Å²) in [4.78, 5) is 0. The predicted octanol–water partition coefficient (Wildman–Crippen LogP) is 1.12. The Morgan fingerprint density at radius 2 is 2.00 bits per heavy atom. The average Bonchev–Trinajstić information content (AvgIpc) is 1.61. The van der Waals surface area contributed by atoms with Gasteiger partial charge in [-0.05, 0) is 6.42 Å². The van der Waals surface area contributed by atoms with Crippen LogP contribution in [0, 0.1) is 0 Å². The molecule has 0 unspecified atom stereocenters. The standard InChI is InChI=1S/C5H13BO/c1-6(2)4-3-5-7/h7H,3-5H2,1-2H3. The first-order valence-electron chi connectivity index (χ1n) is 2.88. The quantitative estimate of drug-likeness (QED) is 0.527. The van der Waals surface area contributed by atoms with Crippen molar-refractivity contribution in [1.82, 2.24) is 0 Å². The summed E-state index contributed by atoms with van der Waals surface area (Å²) in [6, 6.07) is 0. The van der Waals surface area contributed by atoms with Gasteiger partial charge in [-0.15, -0.1) is 0 Å². The van der Waals surface area contributed by atoms with E-state index in [0.29, 0.717) is 6.61 Å². The summed E-state index contributed by atoms with van der Waals surface area (Å²) < 4.78 is 0. The fraction of sp³-hybridized carbons (Fsp3) is 1.00. The molecule has 42 valence electrons. The Labute approximate surface area is 45.8 Å². The molecule has 0 saturated carbocycles. The second-order valence-electron chi connectivity index (χ2n) is 2.26. The summed E-state index contributed by atoms with van der Waals surface area (Å²) in [6.07, 6.45) is 2.11. The Balaban J connectivity index is 2.68. The van der Waals surface area contributed by atoms with Gasteiger partial charge in [0.2, 0.25) is 0 Å². The van der Waals surface area contributed by atoms with Crippen LogP contribution in [-0.2, 0) is 0 Å². The van der Waals surface area contributed by atoms with Crippen LogP contribution in [0.15, 0.2) is 0 Å². The highest BCUT2D eigenvalue weighted by molar-refractivity contribution is 6.55. The lowest BCUT2D eigenvalue weighted by molar-refractivity contribution is 0.294. The average molecular weight is 100.0 g/mol. The van der Waals surface area contributed by atoms with Crippen LogP contribution in [0.25, 0.3) is 0 Å². The first kappa shape index (κ1) is 7.02. The summed E-state index contributed by atoms with van der Waals surface area (Å²) in [6.45, 7) is 5.41. The zero-order valence-corrected chi connectivity index (χ0v) is 5.15. The van der Waals surface area contributed by atoms with Gasteiger partial charge in [0.25, 0.3) is 0 Å². The van der Waals surface area contributed by atoms with Crippen LogP contribution in [0.5, 0.6) is 0 Å². The van der Waals surface area contributed by atoms with E-state index in [0.717, 1.165) is 19.5 Å². The number of aliphatic hydroxyl groups excluding tert-OH is 1. The first-order valence-corrected chi connectivity index (χ1v) is 2.88. The van der Waals surface area contributed by atoms with E-state index in [9.17, 15) is 0 Å². The second-order valence-corrected chi connectivity index (χ2v) is 2.26. The molecule has 0 saturated heterocycles. The largest absolute Gasteiger partial charge is 0.396 e. The fourth-order valence-electron chi connectivity index (χ4n) is 0.500. The van der Waals surface area contributed by atoms with Crippen LogP contribution in [0.1, 0.15) is 6.42 Å². The molecule has 0 fully saturated rings. The molecule has 2 heteroatoms. The third kappa shape index (κ3) is 6.02. The number of hydrogen-bond donors (Lipinski definition) is 1. The molecular formula is C5H13BO. The highest BCUT2D eigenvalue weighted by Crippen LogP contribution is 1.93. The van der Waals surface area contributed by atoms with Gasteiger partial charge in [-0.3, -0.25) is 0 Å². The molecule has 0 aromatic rings. The van der Waals surface area contributed by atoms with Gasteiger partial charge in [0, 0.05) is 6.61 Å². The highest BCUT2D eigenvalue weighted by atomic mass is 16.2. The molecule has 0 radical (unpaired) electrons. The molecule has 7 heavy (non-hydrogen) atoms. The monoisotopic (exact) mass is 100 g/mol. The zero-order valence-electron chi connectivity index (χ0n) is 5.15. The van der Waals surface area contributed by atoms with Crippen LogP contribution in [0.3, 0.4) is 0 Å². The maximum atomic E-state index is 8.32. The van der Waals surface area contributed by atoms with Crippen molar-refractivity contribution in [3.05, 3.63) is 0 Å². The van der Waals surface area contributed by atoms with Crippen molar-refractivity contribution in [1.29, 1.82) is 0 Å². The molecule has 1 N–H and O–H groups in total. The number of rotatable bonds is 3. The fourth-order valence-corrected chi connectivity index (χ4v) is 0.500. The van der Waals surface area contributed by atoms with Crippen molar-refractivity contribution < 1.29 is 5.11 Å². The minimum atomic E-state index is 0.345. The van der Waals surface area contributed by atoms with Gasteiger partial charge < -0.3 is 5.11 Å². The molecule has 0 bridgehead atoms. The van der Waals surface area contributed by atoms with E-state index in [1.807, 2.05) is 0 Å². The molecular weight excluding hydrogens is 86.9 g/mol. The normalized spacial score (nSPS) is 9.00. The van der Waals surface area contributed by atoms with Gasteiger partial charge in [0.1, 0.15) is 6.71 Å². The van der Waals surface area contributed by atoms with Gasteiger partial charge in [0.15, 0.2) is 0 Å². The summed E-state index contributed by atoms with van der Waals surface area (Å²) >= 11 is 0. The van der Waals surface area contributed by atoms with E-state index >= 15 is 0 Å². The molecule has 1 nitrogen and oxygen atoms in total. The van der Waals surface area contributed by atoms with Crippen LogP contribution in [-0.4, -0.2) is 18.4 Å². The topological polar surface area (TPSA) is 20.2 Å². The maximum Gasteiger partial charge on any atom is 0.133 e. The molecule has 0 aromatic carbocycles. The molecule has 0 spiro atoms.